The van der Waals surface area contributed by atoms with E-state index in [1.165, 1.54) is 7.11 Å². The number of carbonyl (C=O) groups excluding carboxylic acids is 1. The van der Waals surface area contributed by atoms with Crippen molar-refractivity contribution < 1.29 is 14.1 Å². The van der Waals surface area contributed by atoms with Crippen LogP contribution in [0.15, 0.2) is 34.9 Å². The first-order chi connectivity index (χ1) is 19.2. The maximum absolute atomic E-state index is 12.3. The third-order valence-corrected chi connectivity index (χ3v) is 9.53. The Bertz CT molecular complexity index is 1560. The van der Waals surface area contributed by atoms with Gasteiger partial charge < -0.3 is 14.2 Å². The highest BCUT2D eigenvalue weighted by atomic mass is 35.5. The van der Waals surface area contributed by atoms with Crippen molar-refractivity contribution in [2.24, 2.45) is 0 Å². The van der Waals surface area contributed by atoms with Gasteiger partial charge in [-0.15, -0.1) is 0 Å². The molecule has 0 spiro atoms. The van der Waals surface area contributed by atoms with Gasteiger partial charge in [-0.2, -0.15) is 0 Å². The zero-order chi connectivity index (χ0) is 28.1. The first-order valence-electron chi connectivity index (χ1n) is 13.7. The molecule has 0 N–H and O–H groups in total. The summed E-state index contributed by atoms with van der Waals surface area (Å²) in [5.74, 6) is 1.30. The minimum Gasteiger partial charge on any atom is -0.465 e. The number of halogens is 2. The van der Waals surface area contributed by atoms with Crippen molar-refractivity contribution >= 4 is 55.9 Å². The molecule has 1 saturated carbocycles. The number of anilines is 1. The van der Waals surface area contributed by atoms with Crippen molar-refractivity contribution in [2.75, 3.05) is 31.6 Å². The highest BCUT2D eigenvalue weighted by Gasteiger charge is 2.35. The van der Waals surface area contributed by atoms with Crippen molar-refractivity contribution in [3.63, 3.8) is 0 Å². The number of aromatic nitrogens is 2. The standard InChI is InChI=1S/C30H32Cl2N4O3S/c1-16(2)20-12-19(29(37)38-4)13-24-26(20)33-30(40-24)36-11-10-35(14-17(36)3)15-21-27(34-39-28(21)18-8-9-18)25-22(31)6-5-7-23(25)32/h5-7,12-13,16-18H,8-11,14-15H2,1-4H3/t17-/m1/s1. The van der Waals surface area contributed by atoms with Crippen molar-refractivity contribution in [1.29, 1.82) is 0 Å². The third kappa shape index (κ3) is 5.11. The maximum atomic E-state index is 12.3. The van der Waals surface area contributed by atoms with Gasteiger partial charge in [-0.05, 0) is 55.5 Å². The van der Waals surface area contributed by atoms with Crippen LogP contribution in [0.25, 0.3) is 21.5 Å². The van der Waals surface area contributed by atoms with E-state index in [9.17, 15) is 4.79 Å². The van der Waals surface area contributed by atoms with Crippen LogP contribution in [0, 0.1) is 0 Å². The molecule has 10 heteroatoms. The van der Waals surface area contributed by atoms with Gasteiger partial charge in [0, 0.05) is 49.3 Å². The third-order valence-electron chi connectivity index (χ3n) is 7.86. The van der Waals surface area contributed by atoms with E-state index in [-0.39, 0.29) is 17.9 Å². The van der Waals surface area contributed by atoms with Gasteiger partial charge in [-0.3, -0.25) is 4.90 Å². The van der Waals surface area contributed by atoms with E-state index in [2.05, 4.69) is 35.7 Å². The van der Waals surface area contributed by atoms with Crippen LogP contribution >= 0.6 is 34.5 Å². The second-order valence-corrected chi connectivity index (χ2v) is 12.9. The predicted molar refractivity (Wildman–Crippen MR) is 161 cm³/mol. The van der Waals surface area contributed by atoms with Gasteiger partial charge in [0.25, 0.3) is 0 Å². The van der Waals surface area contributed by atoms with Crippen LogP contribution in [0.5, 0.6) is 0 Å². The van der Waals surface area contributed by atoms with Gasteiger partial charge in [-0.25, -0.2) is 9.78 Å². The fraction of sp³-hybridized carbons (Fsp3) is 0.433. The number of ether oxygens (including phenoxy) is 1. The Hall–Kier alpha value is -2.65. The summed E-state index contributed by atoms with van der Waals surface area (Å²) in [7, 11) is 1.42. The van der Waals surface area contributed by atoms with Crippen molar-refractivity contribution in [2.45, 2.75) is 58.0 Å². The Labute approximate surface area is 248 Å². The van der Waals surface area contributed by atoms with E-state index in [0.717, 1.165) is 82.5 Å². The van der Waals surface area contributed by atoms with Crippen LogP contribution in [-0.4, -0.2) is 53.8 Å². The molecule has 0 bridgehead atoms. The first-order valence-corrected chi connectivity index (χ1v) is 15.3. The normalized spacial score (nSPS) is 18.2. The summed E-state index contributed by atoms with van der Waals surface area (Å²) in [6.07, 6.45) is 2.24. The summed E-state index contributed by atoms with van der Waals surface area (Å²) >= 11 is 14.8. The summed E-state index contributed by atoms with van der Waals surface area (Å²) in [4.78, 5) is 22.2. The number of fused-ring (bicyclic) bond motifs is 1. The maximum Gasteiger partial charge on any atom is 0.337 e. The molecule has 3 heterocycles. The topological polar surface area (TPSA) is 71.7 Å². The van der Waals surface area contributed by atoms with E-state index in [1.807, 2.05) is 30.3 Å². The van der Waals surface area contributed by atoms with Gasteiger partial charge in [0.1, 0.15) is 11.5 Å². The Balaban J connectivity index is 1.25. The molecule has 0 amide bonds. The zero-order valence-electron chi connectivity index (χ0n) is 23.0. The molecule has 0 radical (unpaired) electrons. The van der Waals surface area contributed by atoms with Gasteiger partial charge >= 0.3 is 5.97 Å². The van der Waals surface area contributed by atoms with E-state index in [0.29, 0.717) is 21.5 Å². The molecule has 2 aromatic heterocycles. The number of esters is 1. The number of piperazine rings is 1. The van der Waals surface area contributed by atoms with Crippen LogP contribution < -0.4 is 4.90 Å². The Morgan fingerprint density at radius 3 is 2.60 bits per heavy atom. The van der Waals surface area contributed by atoms with E-state index in [4.69, 9.17) is 37.4 Å². The average Bonchev–Trinajstić information content (AvgIpc) is 3.55. The van der Waals surface area contributed by atoms with Gasteiger partial charge in [0.2, 0.25) is 0 Å². The summed E-state index contributed by atoms with van der Waals surface area (Å²) in [5, 5.41) is 6.61. The fourth-order valence-corrected chi connectivity index (χ4v) is 7.33. The lowest BCUT2D eigenvalue weighted by Gasteiger charge is -2.39. The second-order valence-electron chi connectivity index (χ2n) is 11.1. The molecule has 210 valence electrons. The van der Waals surface area contributed by atoms with Crippen LogP contribution in [-0.2, 0) is 11.3 Å². The fourth-order valence-electron chi connectivity index (χ4n) is 5.59. The van der Waals surface area contributed by atoms with Gasteiger partial charge in [0.05, 0.1) is 32.9 Å². The second kappa shape index (κ2) is 11.0. The lowest BCUT2D eigenvalue weighted by Crippen LogP contribution is -2.51. The smallest absolute Gasteiger partial charge is 0.337 e. The molecule has 2 aromatic carbocycles. The van der Waals surface area contributed by atoms with Crippen LogP contribution in [0.2, 0.25) is 10.0 Å². The zero-order valence-corrected chi connectivity index (χ0v) is 25.4. The Morgan fingerprint density at radius 2 is 1.95 bits per heavy atom. The molecular formula is C30H32Cl2N4O3S. The molecule has 2 aliphatic rings. The number of methoxy groups -OCH3 is 1. The number of thiazole rings is 1. The number of hydrogen-bond donors (Lipinski definition) is 0. The molecule has 1 atom stereocenters. The first kappa shape index (κ1) is 27.5. The molecule has 1 aliphatic carbocycles. The summed E-state index contributed by atoms with van der Waals surface area (Å²) in [6, 6.07) is 9.60. The highest BCUT2D eigenvalue weighted by molar-refractivity contribution is 7.22. The molecular weight excluding hydrogens is 567 g/mol. The molecule has 1 saturated heterocycles. The molecule has 40 heavy (non-hydrogen) atoms. The molecule has 1 aliphatic heterocycles. The molecule has 7 nitrogen and oxygen atoms in total. The monoisotopic (exact) mass is 598 g/mol. The van der Waals surface area contributed by atoms with Crippen molar-refractivity contribution in [3.05, 3.63) is 62.8 Å². The minimum absolute atomic E-state index is 0.237. The molecule has 6 rings (SSSR count). The van der Waals surface area contributed by atoms with Crippen LogP contribution in [0.4, 0.5) is 5.13 Å². The lowest BCUT2D eigenvalue weighted by molar-refractivity contribution is 0.0601. The van der Waals surface area contributed by atoms with Crippen LogP contribution in [0.3, 0.4) is 0 Å². The minimum atomic E-state index is -0.322. The Kier molecular flexibility index (Phi) is 7.55. The van der Waals surface area contributed by atoms with E-state index < -0.39 is 0 Å². The van der Waals surface area contributed by atoms with Crippen LogP contribution in [0.1, 0.15) is 72.7 Å². The SMILES string of the molecule is COC(=O)c1cc(C(C)C)c2nc(N3CCN(Cc4c(-c5c(Cl)cccc5Cl)noc4C4CC4)C[C@H]3C)sc2c1. The predicted octanol–water partition coefficient (Wildman–Crippen LogP) is 7.76. The van der Waals surface area contributed by atoms with Gasteiger partial charge in [0.15, 0.2) is 5.13 Å². The molecule has 2 fully saturated rings. The largest absolute Gasteiger partial charge is 0.465 e. The molecule has 4 aromatic rings. The quantitative estimate of drug-likeness (QED) is 0.201. The summed E-state index contributed by atoms with van der Waals surface area (Å²) in [6.45, 7) is 9.80. The van der Waals surface area contributed by atoms with E-state index >= 15 is 0 Å². The summed E-state index contributed by atoms with van der Waals surface area (Å²) in [5.41, 5.74) is 5.19. The lowest BCUT2D eigenvalue weighted by atomic mass is 9.99. The number of carbonyl (C=O) groups is 1. The summed E-state index contributed by atoms with van der Waals surface area (Å²) < 4.78 is 11.9. The number of benzene rings is 2. The van der Waals surface area contributed by atoms with Crippen molar-refractivity contribution in [1.82, 2.24) is 15.0 Å². The molecule has 0 unspecified atom stereocenters. The number of nitrogens with zero attached hydrogens (tertiary/aromatic N) is 4. The average molecular weight is 600 g/mol. The Morgan fingerprint density at radius 1 is 1.20 bits per heavy atom. The number of hydrogen-bond acceptors (Lipinski definition) is 8. The highest BCUT2D eigenvalue weighted by Crippen LogP contribution is 2.46. The number of rotatable bonds is 7. The van der Waals surface area contributed by atoms with E-state index in [1.54, 1.807) is 11.3 Å². The van der Waals surface area contributed by atoms with Gasteiger partial charge in [-0.1, -0.05) is 59.6 Å². The van der Waals surface area contributed by atoms with Crippen molar-refractivity contribution in [3.8, 4) is 11.3 Å².